The molecule has 1 aliphatic heterocycles. The summed E-state index contributed by atoms with van der Waals surface area (Å²) in [6, 6.07) is 1.70. The van der Waals surface area contributed by atoms with Crippen LogP contribution < -0.4 is 11.1 Å². The number of nitrogens with one attached hydrogen (secondary N) is 1. The molecule has 1 fully saturated rings. The second-order valence-corrected chi connectivity index (χ2v) is 6.22. The maximum Gasteiger partial charge on any atom is 0.225 e. The Labute approximate surface area is 116 Å². The highest BCUT2D eigenvalue weighted by atomic mass is 79.9. The van der Waals surface area contributed by atoms with Crippen molar-refractivity contribution in [2.75, 3.05) is 37.7 Å². The van der Waals surface area contributed by atoms with Gasteiger partial charge in [-0.1, -0.05) is 6.92 Å². The molecule has 2 rings (SSSR count). The van der Waals surface area contributed by atoms with Crippen LogP contribution in [0.4, 0.5) is 11.8 Å². The average Bonchev–Trinajstić information content (AvgIpc) is 2.30. The average molecular weight is 314 g/mol. The summed E-state index contributed by atoms with van der Waals surface area (Å²) >= 11 is 3.32. The zero-order valence-electron chi connectivity index (χ0n) is 10.9. The Kier molecular flexibility index (Phi) is 4.07. The van der Waals surface area contributed by atoms with Crippen LogP contribution in [0.5, 0.6) is 0 Å². The Bertz CT molecular complexity index is 395. The van der Waals surface area contributed by atoms with Crippen molar-refractivity contribution in [1.29, 1.82) is 0 Å². The Hall–Kier alpha value is -0.880. The lowest BCUT2D eigenvalue weighted by molar-refractivity contribution is 0.150. The van der Waals surface area contributed by atoms with Gasteiger partial charge in [0.2, 0.25) is 5.95 Å². The van der Waals surface area contributed by atoms with E-state index in [0.29, 0.717) is 21.8 Å². The van der Waals surface area contributed by atoms with Crippen LogP contribution in [0.25, 0.3) is 0 Å². The fraction of sp³-hybridized carbons (Fsp3) is 0.667. The lowest BCUT2D eigenvalue weighted by Crippen LogP contribution is -2.40. The van der Waals surface area contributed by atoms with E-state index in [1.807, 2.05) is 0 Å². The smallest absolute Gasteiger partial charge is 0.225 e. The van der Waals surface area contributed by atoms with E-state index in [2.05, 4.69) is 50.1 Å². The van der Waals surface area contributed by atoms with Gasteiger partial charge >= 0.3 is 0 Å². The number of aromatic nitrogens is 2. The van der Waals surface area contributed by atoms with E-state index in [0.717, 1.165) is 19.6 Å². The van der Waals surface area contributed by atoms with Gasteiger partial charge in [0.25, 0.3) is 0 Å². The number of likely N-dealkylation sites (tertiary alicyclic amines) is 1. The topological polar surface area (TPSA) is 67.1 Å². The molecular formula is C12H20BrN5. The normalized spacial score (nSPS) is 19.7. The molecule has 6 heteroatoms. The molecule has 5 nitrogen and oxygen atoms in total. The van der Waals surface area contributed by atoms with Gasteiger partial charge in [-0.3, -0.25) is 0 Å². The molecule has 1 aromatic heterocycles. The van der Waals surface area contributed by atoms with Crippen molar-refractivity contribution in [3.05, 3.63) is 10.7 Å². The summed E-state index contributed by atoms with van der Waals surface area (Å²) in [5, 5.41) is 3.30. The predicted molar refractivity (Wildman–Crippen MR) is 77.5 cm³/mol. The monoisotopic (exact) mass is 313 g/mol. The van der Waals surface area contributed by atoms with E-state index in [1.165, 1.54) is 12.8 Å². The van der Waals surface area contributed by atoms with E-state index in [9.17, 15) is 0 Å². The standard InChI is InChI=1S/C12H20BrN5/c1-12(3-5-18(2)6-4-12)8-15-11-16-9(13)7-10(14)17-11/h7H,3-6,8H2,1-2H3,(H3,14,15,16,17). The van der Waals surface area contributed by atoms with Crippen molar-refractivity contribution in [2.24, 2.45) is 5.41 Å². The predicted octanol–water partition coefficient (Wildman–Crippen LogP) is 1.97. The second kappa shape index (κ2) is 5.40. The molecule has 18 heavy (non-hydrogen) atoms. The third kappa shape index (κ3) is 3.55. The van der Waals surface area contributed by atoms with Crippen molar-refractivity contribution < 1.29 is 0 Å². The van der Waals surface area contributed by atoms with Crippen LogP contribution in [0.2, 0.25) is 0 Å². The van der Waals surface area contributed by atoms with Crippen molar-refractivity contribution in [3.8, 4) is 0 Å². The Balaban J connectivity index is 1.94. The first-order valence-corrected chi connectivity index (χ1v) is 6.99. The lowest BCUT2D eigenvalue weighted by atomic mass is 9.80. The highest BCUT2D eigenvalue weighted by molar-refractivity contribution is 9.10. The molecular weight excluding hydrogens is 294 g/mol. The molecule has 2 heterocycles. The van der Waals surface area contributed by atoms with Crippen LogP contribution in [0.3, 0.4) is 0 Å². The largest absolute Gasteiger partial charge is 0.383 e. The van der Waals surface area contributed by atoms with Gasteiger partial charge in [-0.15, -0.1) is 0 Å². The Morgan fingerprint density at radius 2 is 2.11 bits per heavy atom. The minimum atomic E-state index is 0.312. The highest BCUT2D eigenvalue weighted by Gasteiger charge is 2.28. The first-order valence-electron chi connectivity index (χ1n) is 6.19. The Morgan fingerprint density at radius 3 is 2.72 bits per heavy atom. The summed E-state index contributed by atoms with van der Waals surface area (Å²) in [5.74, 6) is 1.08. The molecule has 0 amide bonds. The number of nitrogen functional groups attached to an aromatic ring is 1. The number of hydrogen-bond acceptors (Lipinski definition) is 5. The summed E-state index contributed by atoms with van der Waals surface area (Å²) < 4.78 is 0.714. The highest BCUT2D eigenvalue weighted by Crippen LogP contribution is 2.30. The van der Waals surface area contributed by atoms with Crippen molar-refractivity contribution in [2.45, 2.75) is 19.8 Å². The SMILES string of the molecule is CN1CCC(C)(CNc2nc(N)cc(Br)n2)CC1. The van der Waals surface area contributed by atoms with Crippen LogP contribution in [-0.4, -0.2) is 41.5 Å². The van der Waals surface area contributed by atoms with E-state index in [4.69, 9.17) is 5.73 Å². The summed E-state index contributed by atoms with van der Waals surface area (Å²) in [4.78, 5) is 10.8. The van der Waals surface area contributed by atoms with E-state index < -0.39 is 0 Å². The molecule has 0 saturated carbocycles. The molecule has 0 radical (unpaired) electrons. The minimum absolute atomic E-state index is 0.312. The van der Waals surface area contributed by atoms with Gasteiger partial charge in [-0.2, -0.15) is 4.98 Å². The van der Waals surface area contributed by atoms with Gasteiger partial charge in [0, 0.05) is 12.6 Å². The van der Waals surface area contributed by atoms with Crippen LogP contribution in [0.1, 0.15) is 19.8 Å². The van der Waals surface area contributed by atoms with Crippen LogP contribution in [0, 0.1) is 5.41 Å². The minimum Gasteiger partial charge on any atom is -0.383 e. The summed E-state index contributed by atoms with van der Waals surface area (Å²) in [6.45, 7) is 5.50. The van der Waals surface area contributed by atoms with Gasteiger partial charge in [-0.05, 0) is 54.3 Å². The fourth-order valence-electron chi connectivity index (χ4n) is 2.14. The molecule has 1 aliphatic rings. The van der Waals surface area contributed by atoms with Crippen molar-refractivity contribution in [1.82, 2.24) is 14.9 Å². The molecule has 1 aromatic rings. The molecule has 0 aromatic carbocycles. The number of nitrogens with two attached hydrogens (primary N) is 1. The zero-order valence-corrected chi connectivity index (χ0v) is 12.5. The van der Waals surface area contributed by atoms with Gasteiger partial charge in [0.1, 0.15) is 10.4 Å². The zero-order chi connectivity index (χ0) is 13.2. The number of halogens is 1. The van der Waals surface area contributed by atoms with Crippen LogP contribution >= 0.6 is 15.9 Å². The summed E-state index contributed by atoms with van der Waals surface area (Å²) in [7, 11) is 2.17. The molecule has 100 valence electrons. The number of nitrogens with zero attached hydrogens (tertiary/aromatic N) is 3. The molecule has 0 bridgehead atoms. The second-order valence-electron chi connectivity index (χ2n) is 5.41. The number of rotatable bonds is 3. The Morgan fingerprint density at radius 1 is 1.44 bits per heavy atom. The number of hydrogen-bond donors (Lipinski definition) is 2. The molecule has 1 saturated heterocycles. The lowest BCUT2D eigenvalue weighted by Gasteiger charge is -2.37. The molecule has 0 unspecified atom stereocenters. The molecule has 0 spiro atoms. The molecule has 0 atom stereocenters. The van der Waals surface area contributed by atoms with Gasteiger partial charge in [0.05, 0.1) is 0 Å². The van der Waals surface area contributed by atoms with Gasteiger partial charge in [0.15, 0.2) is 0 Å². The quantitative estimate of drug-likeness (QED) is 0.835. The summed E-state index contributed by atoms with van der Waals surface area (Å²) in [5.41, 5.74) is 6.00. The maximum atomic E-state index is 5.69. The fourth-order valence-corrected chi connectivity index (χ4v) is 2.54. The third-order valence-electron chi connectivity index (χ3n) is 3.58. The number of anilines is 2. The first kappa shape index (κ1) is 13.5. The van der Waals surface area contributed by atoms with Gasteiger partial charge < -0.3 is 16.0 Å². The van der Waals surface area contributed by atoms with Crippen molar-refractivity contribution >= 4 is 27.7 Å². The van der Waals surface area contributed by atoms with E-state index in [-0.39, 0.29) is 0 Å². The first-order chi connectivity index (χ1) is 8.47. The van der Waals surface area contributed by atoms with Crippen LogP contribution in [-0.2, 0) is 0 Å². The number of piperidine rings is 1. The molecule has 0 aliphatic carbocycles. The van der Waals surface area contributed by atoms with Gasteiger partial charge in [-0.25, -0.2) is 4.98 Å². The van der Waals surface area contributed by atoms with E-state index in [1.54, 1.807) is 6.07 Å². The van der Waals surface area contributed by atoms with E-state index >= 15 is 0 Å². The third-order valence-corrected chi connectivity index (χ3v) is 3.99. The van der Waals surface area contributed by atoms with Crippen LogP contribution in [0.15, 0.2) is 10.7 Å². The maximum absolute atomic E-state index is 5.69. The summed E-state index contributed by atoms with van der Waals surface area (Å²) in [6.07, 6.45) is 2.39. The van der Waals surface area contributed by atoms with Crippen molar-refractivity contribution in [3.63, 3.8) is 0 Å². The molecule has 3 N–H and O–H groups in total.